The molecule has 0 radical (unpaired) electrons. The fraction of sp³-hybridized carbons (Fsp3) is 0.562. The Balaban J connectivity index is 1.13. The number of hydrogen-bond donors (Lipinski definition) is 2. The van der Waals surface area contributed by atoms with Crippen LogP contribution in [0.5, 0.6) is 0 Å². The number of nitrogens with one attached hydrogen (secondary N) is 2. The van der Waals surface area contributed by atoms with Gasteiger partial charge in [0.1, 0.15) is 0 Å². The number of amides is 3. The molecule has 200 valence electrons. The molecule has 4 saturated carbocycles. The summed E-state index contributed by atoms with van der Waals surface area (Å²) >= 11 is 0. The van der Waals surface area contributed by atoms with Crippen LogP contribution in [-0.4, -0.2) is 42.0 Å². The topological polar surface area (TPSA) is 64.7 Å². The lowest BCUT2D eigenvalue weighted by molar-refractivity contribution is -0.0127. The van der Waals surface area contributed by atoms with Crippen LogP contribution >= 0.6 is 0 Å². The monoisotopic (exact) mass is 512 g/mol. The number of urea groups is 1. The van der Waals surface area contributed by atoms with E-state index in [0.29, 0.717) is 11.3 Å². The van der Waals surface area contributed by atoms with Crippen LogP contribution in [0, 0.1) is 17.8 Å². The summed E-state index contributed by atoms with van der Waals surface area (Å²) in [6, 6.07) is 14.4. The van der Waals surface area contributed by atoms with Crippen molar-refractivity contribution in [3.05, 3.63) is 59.2 Å². The molecule has 6 aliphatic rings. The molecule has 2 aliphatic heterocycles. The molecular formula is C32H40N4O2. The third-order valence-corrected chi connectivity index (χ3v) is 10.0. The van der Waals surface area contributed by atoms with Crippen molar-refractivity contribution >= 4 is 23.3 Å². The van der Waals surface area contributed by atoms with Gasteiger partial charge in [-0.2, -0.15) is 0 Å². The molecule has 1 saturated heterocycles. The minimum absolute atomic E-state index is 0.0353. The number of anilines is 2. The highest BCUT2D eigenvalue weighted by Crippen LogP contribution is 2.55. The smallest absolute Gasteiger partial charge is 0.319 e. The van der Waals surface area contributed by atoms with Crippen LogP contribution < -0.4 is 15.5 Å². The van der Waals surface area contributed by atoms with Gasteiger partial charge in [0.25, 0.3) is 5.91 Å². The Kier molecular flexibility index (Phi) is 6.09. The predicted molar refractivity (Wildman–Crippen MR) is 150 cm³/mol. The van der Waals surface area contributed by atoms with E-state index in [4.69, 9.17) is 0 Å². The fourth-order valence-corrected chi connectivity index (χ4v) is 8.70. The Morgan fingerprint density at radius 2 is 1.50 bits per heavy atom. The van der Waals surface area contributed by atoms with E-state index >= 15 is 0 Å². The van der Waals surface area contributed by atoms with Gasteiger partial charge in [-0.15, -0.1) is 0 Å². The average molecular weight is 513 g/mol. The number of rotatable bonds is 4. The Bertz CT molecular complexity index is 1200. The van der Waals surface area contributed by atoms with Gasteiger partial charge in [0.15, 0.2) is 0 Å². The van der Waals surface area contributed by atoms with Crippen molar-refractivity contribution in [1.29, 1.82) is 0 Å². The Morgan fingerprint density at radius 1 is 0.816 bits per heavy atom. The van der Waals surface area contributed by atoms with Crippen molar-refractivity contribution in [2.24, 2.45) is 17.8 Å². The Hall–Kier alpha value is -3.02. The third kappa shape index (κ3) is 4.56. The van der Waals surface area contributed by atoms with Crippen LogP contribution in [0.3, 0.4) is 0 Å². The lowest BCUT2D eigenvalue weighted by Gasteiger charge is -2.56. The van der Waals surface area contributed by atoms with E-state index in [1.807, 2.05) is 23.1 Å². The molecule has 6 nitrogen and oxygen atoms in total. The highest BCUT2D eigenvalue weighted by molar-refractivity contribution is 6.02. The summed E-state index contributed by atoms with van der Waals surface area (Å²) < 4.78 is 0. The van der Waals surface area contributed by atoms with E-state index in [1.165, 1.54) is 36.8 Å². The van der Waals surface area contributed by atoms with Gasteiger partial charge in [-0.05, 0) is 111 Å². The first-order valence-electron chi connectivity index (χ1n) is 14.9. The fourth-order valence-electron chi connectivity index (χ4n) is 8.70. The van der Waals surface area contributed by atoms with E-state index in [2.05, 4.69) is 39.8 Å². The Morgan fingerprint density at radius 3 is 2.21 bits per heavy atom. The van der Waals surface area contributed by atoms with E-state index < -0.39 is 0 Å². The molecule has 0 aromatic heterocycles. The van der Waals surface area contributed by atoms with Gasteiger partial charge < -0.3 is 20.4 Å². The second-order valence-corrected chi connectivity index (χ2v) is 12.8. The molecule has 4 aliphatic carbocycles. The van der Waals surface area contributed by atoms with Crippen molar-refractivity contribution in [3.8, 4) is 0 Å². The van der Waals surface area contributed by atoms with Crippen LogP contribution in [0.15, 0.2) is 42.5 Å². The lowest BCUT2D eigenvalue weighted by atomic mass is 9.53. The zero-order valence-electron chi connectivity index (χ0n) is 22.4. The van der Waals surface area contributed by atoms with Crippen LogP contribution in [0.1, 0.15) is 79.3 Å². The SMILES string of the molecule is O=C(Nc1ccc(N2CCc3ccccc3C2)c(C(=O)N2CCCCC2)c1)NC12CC3CC(CC(C3)C1)C2. The molecule has 3 amide bonds. The normalized spacial score (nSPS) is 29.6. The maximum absolute atomic E-state index is 13.8. The largest absolute Gasteiger partial charge is 0.366 e. The highest BCUT2D eigenvalue weighted by Gasteiger charge is 2.51. The molecule has 6 heteroatoms. The molecule has 2 aromatic rings. The van der Waals surface area contributed by atoms with Crippen LogP contribution in [0.4, 0.5) is 16.2 Å². The number of fused-ring (bicyclic) bond motifs is 1. The minimum atomic E-state index is -0.122. The van der Waals surface area contributed by atoms with Crippen LogP contribution in [0.2, 0.25) is 0 Å². The van der Waals surface area contributed by atoms with Gasteiger partial charge in [-0.1, -0.05) is 24.3 Å². The molecule has 38 heavy (non-hydrogen) atoms. The maximum Gasteiger partial charge on any atom is 0.319 e. The molecule has 0 atom stereocenters. The van der Waals surface area contributed by atoms with E-state index in [-0.39, 0.29) is 17.5 Å². The molecule has 2 N–H and O–H groups in total. The van der Waals surface area contributed by atoms with Gasteiger partial charge in [0, 0.05) is 43.1 Å². The van der Waals surface area contributed by atoms with E-state index in [9.17, 15) is 9.59 Å². The zero-order valence-corrected chi connectivity index (χ0v) is 22.4. The number of nitrogens with zero attached hydrogens (tertiary/aromatic N) is 2. The number of carbonyl (C=O) groups is 2. The average Bonchev–Trinajstić information content (AvgIpc) is 2.92. The highest BCUT2D eigenvalue weighted by atomic mass is 16.2. The molecule has 2 aromatic carbocycles. The van der Waals surface area contributed by atoms with E-state index in [1.54, 1.807) is 0 Å². The molecule has 8 rings (SSSR count). The van der Waals surface area contributed by atoms with Gasteiger partial charge in [0.05, 0.1) is 5.56 Å². The van der Waals surface area contributed by atoms with Gasteiger partial charge in [-0.25, -0.2) is 4.79 Å². The first-order chi connectivity index (χ1) is 18.5. The summed E-state index contributed by atoms with van der Waals surface area (Å²) in [6.45, 7) is 3.31. The Labute approximate surface area is 226 Å². The molecule has 5 fully saturated rings. The van der Waals surface area contributed by atoms with Crippen LogP contribution in [0.25, 0.3) is 0 Å². The quantitative estimate of drug-likeness (QED) is 0.531. The first kappa shape index (κ1) is 24.1. The lowest BCUT2D eigenvalue weighted by Crippen LogP contribution is -2.60. The van der Waals surface area contributed by atoms with Crippen LogP contribution in [-0.2, 0) is 13.0 Å². The summed E-state index contributed by atoms with van der Waals surface area (Å²) in [5, 5.41) is 6.54. The second-order valence-electron chi connectivity index (χ2n) is 12.8. The third-order valence-electron chi connectivity index (χ3n) is 10.0. The number of benzene rings is 2. The predicted octanol–water partition coefficient (Wildman–Crippen LogP) is 5.97. The summed E-state index contributed by atoms with van der Waals surface area (Å²) in [4.78, 5) is 31.4. The zero-order chi connectivity index (χ0) is 25.7. The molecular weight excluding hydrogens is 472 g/mol. The number of piperidine rings is 1. The summed E-state index contributed by atoms with van der Waals surface area (Å²) in [7, 11) is 0. The van der Waals surface area contributed by atoms with E-state index in [0.717, 1.165) is 88.1 Å². The number of carbonyl (C=O) groups excluding carboxylic acids is 2. The van der Waals surface area contributed by atoms with Gasteiger partial charge in [0.2, 0.25) is 0 Å². The second kappa shape index (κ2) is 9.62. The van der Waals surface area contributed by atoms with Crippen molar-refractivity contribution in [2.75, 3.05) is 29.9 Å². The van der Waals surface area contributed by atoms with Crippen molar-refractivity contribution < 1.29 is 9.59 Å². The minimum Gasteiger partial charge on any atom is -0.366 e. The summed E-state index contributed by atoms with van der Waals surface area (Å²) in [5.41, 5.74) is 5.07. The van der Waals surface area contributed by atoms with Gasteiger partial charge in [-0.3, -0.25) is 4.79 Å². The standard InChI is InChI=1S/C32H40N4O2/c37-30(35-11-4-1-5-12-35)28-17-27(8-9-29(28)36-13-10-25-6-2-3-7-26(25)21-36)33-31(38)34-32-18-22-14-23(19-32)16-24(15-22)20-32/h2-3,6-9,17,22-24H,1,4-5,10-16,18-21H2,(H2,33,34,38). The molecule has 0 unspecified atom stereocenters. The maximum atomic E-state index is 13.8. The van der Waals surface area contributed by atoms with Crippen molar-refractivity contribution in [2.45, 2.75) is 76.3 Å². The summed E-state index contributed by atoms with van der Waals surface area (Å²) in [6.07, 6.45) is 11.7. The first-order valence-corrected chi connectivity index (χ1v) is 14.9. The molecule has 0 spiro atoms. The van der Waals surface area contributed by atoms with Crippen molar-refractivity contribution in [3.63, 3.8) is 0 Å². The van der Waals surface area contributed by atoms with Gasteiger partial charge >= 0.3 is 6.03 Å². The molecule has 4 bridgehead atoms. The number of hydrogen-bond acceptors (Lipinski definition) is 3. The summed E-state index contributed by atoms with van der Waals surface area (Å²) in [5.74, 6) is 2.43. The molecule has 2 heterocycles. The van der Waals surface area contributed by atoms with Crippen molar-refractivity contribution in [1.82, 2.24) is 10.2 Å². The number of likely N-dealkylation sites (tertiary alicyclic amines) is 1.